The molecule has 0 amide bonds. The Balaban J connectivity index is 3.53. The summed E-state index contributed by atoms with van der Waals surface area (Å²) in [5.74, 6) is 0.677. The average molecular weight is 268 g/mol. The van der Waals surface area contributed by atoms with Crippen molar-refractivity contribution < 1.29 is 16.8 Å². The normalized spacial score (nSPS) is 15.4. The second-order valence-corrected chi connectivity index (χ2v) is 5.41. The molecule has 16 heavy (non-hydrogen) atoms. The second-order valence-electron chi connectivity index (χ2n) is 3.06. The monoisotopic (exact) mass is 268 g/mol. The third kappa shape index (κ3) is 10.5. The molecular formula is C10H20O4S2. The number of rotatable bonds is 10. The van der Waals surface area contributed by atoms with Crippen LogP contribution in [0.2, 0.25) is 0 Å². The van der Waals surface area contributed by atoms with E-state index >= 15 is 0 Å². The van der Waals surface area contributed by atoms with Gasteiger partial charge >= 0.3 is 0 Å². The molecule has 0 heterocycles. The smallest absolute Gasteiger partial charge is 0.159 e. The Bertz CT molecular complexity index is 217. The molecule has 0 aliphatic carbocycles. The molecule has 0 bridgehead atoms. The molecule has 0 aliphatic heterocycles. The van der Waals surface area contributed by atoms with E-state index in [9.17, 15) is 8.42 Å². The largest absolute Gasteiger partial charge is 0.290 e. The van der Waals surface area contributed by atoms with E-state index in [0.717, 1.165) is 12.8 Å². The highest BCUT2D eigenvalue weighted by atomic mass is 32.2. The van der Waals surface area contributed by atoms with E-state index in [-0.39, 0.29) is 0 Å². The fraction of sp³-hybridized carbons (Fsp3) is 0.800. The molecule has 96 valence electrons. The summed E-state index contributed by atoms with van der Waals surface area (Å²) in [6.45, 7) is 4.93. The van der Waals surface area contributed by atoms with Crippen molar-refractivity contribution in [2.75, 3.05) is 24.7 Å². The van der Waals surface area contributed by atoms with Crippen LogP contribution < -0.4 is 0 Å². The zero-order valence-electron chi connectivity index (χ0n) is 9.85. The second kappa shape index (κ2) is 11.4. The van der Waals surface area contributed by atoms with Gasteiger partial charge in [-0.1, -0.05) is 26.0 Å². The summed E-state index contributed by atoms with van der Waals surface area (Å²) in [4.78, 5) is 0. The van der Waals surface area contributed by atoms with Crippen molar-refractivity contribution in [2.24, 2.45) is 0 Å². The first-order chi connectivity index (χ1) is 7.70. The maximum absolute atomic E-state index is 11.1. The van der Waals surface area contributed by atoms with Crippen LogP contribution in [0.1, 0.15) is 26.7 Å². The lowest BCUT2D eigenvalue weighted by molar-refractivity contribution is 0.348. The van der Waals surface area contributed by atoms with Crippen LogP contribution in [0.5, 0.6) is 0 Å². The third-order valence-corrected chi connectivity index (χ3v) is 3.26. The van der Waals surface area contributed by atoms with Gasteiger partial charge in [0.25, 0.3) is 0 Å². The van der Waals surface area contributed by atoms with Crippen molar-refractivity contribution in [3.63, 3.8) is 0 Å². The molecule has 0 aliphatic rings. The van der Waals surface area contributed by atoms with Gasteiger partial charge in [0.05, 0.1) is 24.7 Å². The molecule has 4 nitrogen and oxygen atoms in total. The molecule has 0 saturated heterocycles. The van der Waals surface area contributed by atoms with Crippen LogP contribution in [0.15, 0.2) is 12.2 Å². The molecule has 0 fully saturated rings. The van der Waals surface area contributed by atoms with Crippen LogP contribution in [0.25, 0.3) is 0 Å². The lowest BCUT2D eigenvalue weighted by Crippen LogP contribution is -2.03. The molecule has 0 aromatic rings. The van der Waals surface area contributed by atoms with E-state index in [2.05, 4.69) is 0 Å². The fourth-order valence-corrected chi connectivity index (χ4v) is 2.23. The summed E-state index contributed by atoms with van der Waals surface area (Å²) >= 11 is -2.53. The lowest BCUT2D eigenvalue weighted by atomic mass is 10.5. The summed E-state index contributed by atoms with van der Waals surface area (Å²) in [6.07, 6.45) is 5.12. The molecule has 2 atom stereocenters. The van der Waals surface area contributed by atoms with E-state index < -0.39 is 22.2 Å². The highest BCUT2D eigenvalue weighted by Gasteiger charge is 1.97. The van der Waals surface area contributed by atoms with E-state index in [4.69, 9.17) is 8.37 Å². The highest BCUT2D eigenvalue weighted by molar-refractivity contribution is 7.80. The molecule has 6 heteroatoms. The minimum atomic E-state index is -1.27. The molecule has 0 N–H and O–H groups in total. The van der Waals surface area contributed by atoms with Crippen molar-refractivity contribution >= 4 is 22.2 Å². The van der Waals surface area contributed by atoms with Gasteiger partial charge in [0, 0.05) is 0 Å². The number of hydrogen-bond donors (Lipinski definition) is 0. The van der Waals surface area contributed by atoms with Crippen LogP contribution in [0.3, 0.4) is 0 Å². The van der Waals surface area contributed by atoms with Gasteiger partial charge in [-0.2, -0.15) is 0 Å². The van der Waals surface area contributed by atoms with E-state index in [1.54, 1.807) is 12.2 Å². The quantitative estimate of drug-likeness (QED) is 0.566. The van der Waals surface area contributed by atoms with Crippen molar-refractivity contribution in [2.45, 2.75) is 26.7 Å². The van der Waals surface area contributed by atoms with Crippen LogP contribution in [0.4, 0.5) is 0 Å². The SMILES string of the molecule is CCCOS(=O)C/C=C/CS(=O)OCCC. The maximum Gasteiger partial charge on any atom is 0.159 e. The predicted octanol–water partition coefficient (Wildman–Crippen LogP) is 1.72. The minimum absolute atomic E-state index is 0.338. The fourth-order valence-electron chi connectivity index (χ4n) is 0.742. The molecule has 0 radical (unpaired) electrons. The standard InChI is InChI=1S/C10H20O4S2/c1-3-7-13-15(11)9-5-6-10-16(12)14-8-4-2/h5-6H,3-4,7-10H2,1-2H3/b6-5+. The van der Waals surface area contributed by atoms with Gasteiger partial charge in [-0.15, -0.1) is 0 Å². The van der Waals surface area contributed by atoms with Crippen LogP contribution >= 0.6 is 0 Å². The van der Waals surface area contributed by atoms with Gasteiger partial charge < -0.3 is 0 Å². The Kier molecular flexibility index (Phi) is 11.4. The molecule has 0 aromatic carbocycles. The Hall–Kier alpha value is -0.0400. The van der Waals surface area contributed by atoms with Gasteiger partial charge in [-0.05, 0) is 12.8 Å². The molecule has 0 aromatic heterocycles. The summed E-state index contributed by atoms with van der Waals surface area (Å²) in [6, 6.07) is 0. The Morgan fingerprint density at radius 1 is 0.875 bits per heavy atom. The predicted molar refractivity (Wildman–Crippen MR) is 67.6 cm³/mol. The van der Waals surface area contributed by atoms with Crippen molar-refractivity contribution in [3.05, 3.63) is 12.2 Å². The Labute approximate surface area is 103 Å². The first kappa shape index (κ1) is 16.0. The summed E-state index contributed by atoms with van der Waals surface area (Å²) in [5, 5.41) is 0. The van der Waals surface area contributed by atoms with Crippen LogP contribution in [-0.4, -0.2) is 33.1 Å². The van der Waals surface area contributed by atoms with Crippen molar-refractivity contribution in [1.29, 1.82) is 0 Å². The summed E-state index contributed by atoms with van der Waals surface area (Å²) in [7, 11) is 0. The van der Waals surface area contributed by atoms with Crippen molar-refractivity contribution in [3.8, 4) is 0 Å². The summed E-state index contributed by atoms with van der Waals surface area (Å²) < 4.78 is 32.3. The Morgan fingerprint density at radius 3 is 1.56 bits per heavy atom. The van der Waals surface area contributed by atoms with E-state index in [1.165, 1.54) is 0 Å². The molecule has 0 spiro atoms. The van der Waals surface area contributed by atoms with Gasteiger partial charge in [-0.25, -0.2) is 8.42 Å². The van der Waals surface area contributed by atoms with E-state index in [0.29, 0.717) is 24.7 Å². The summed E-state index contributed by atoms with van der Waals surface area (Å²) in [5.41, 5.74) is 0. The highest BCUT2D eigenvalue weighted by Crippen LogP contribution is 1.92. The number of hydrogen-bond acceptors (Lipinski definition) is 4. The first-order valence-electron chi connectivity index (χ1n) is 5.39. The van der Waals surface area contributed by atoms with Crippen LogP contribution in [-0.2, 0) is 30.5 Å². The molecule has 0 rings (SSSR count). The zero-order chi connectivity index (χ0) is 12.2. The zero-order valence-corrected chi connectivity index (χ0v) is 11.5. The minimum Gasteiger partial charge on any atom is -0.290 e. The average Bonchev–Trinajstić information content (AvgIpc) is 2.29. The van der Waals surface area contributed by atoms with E-state index in [1.807, 2.05) is 13.8 Å². The molecule has 2 unspecified atom stereocenters. The van der Waals surface area contributed by atoms with Gasteiger partial charge in [0.15, 0.2) is 22.2 Å². The van der Waals surface area contributed by atoms with Crippen LogP contribution in [0, 0.1) is 0 Å². The molecular weight excluding hydrogens is 248 g/mol. The third-order valence-electron chi connectivity index (χ3n) is 1.47. The Morgan fingerprint density at radius 2 is 1.25 bits per heavy atom. The lowest BCUT2D eigenvalue weighted by Gasteiger charge is -1.99. The molecule has 0 saturated carbocycles. The topological polar surface area (TPSA) is 52.6 Å². The van der Waals surface area contributed by atoms with Gasteiger partial charge in [-0.3, -0.25) is 8.37 Å². The van der Waals surface area contributed by atoms with Gasteiger partial charge in [0.2, 0.25) is 0 Å². The maximum atomic E-state index is 11.1. The van der Waals surface area contributed by atoms with Gasteiger partial charge in [0.1, 0.15) is 0 Å². The van der Waals surface area contributed by atoms with Crippen molar-refractivity contribution in [1.82, 2.24) is 0 Å². The first-order valence-corrected chi connectivity index (χ1v) is 7.87.